The maximum Gasteiger partial charge on any atom is 0.0794 e. The van der Waals surface area contributed by atoms with E-state index < -0.39 is 0 Å². The van der Waals surface area contributed by atoms with Crippen molar-refractivity contribution in [3.63, 3.8) is 0 Å². The summed E-state index contributed by atoms with van der Waals surface area (Å²) < 4.78 is 0. The number of halogens is 2. The topological polar surface area (TPSA) is 37.8 Å². The summed E-state index contributed by atoms with van der Waals surface area (Å²) in [6.07, 6.45) is 5.41. The molecule has 0 saturated carbocycles. The fourth-order valence-corrected chi connectivity index (χ4v) is 2.96. The van der Waals surface area contributed by atoms with Gasteiger partial charge in [0.15, 0.2) is 0 Å². The Morgan fingerprint density at radius 3 is 2.84 bits per heavy atom. The maximum absolute atomic E-state index is 6.24. The van der Waals surface area contributed by atoms with Crippen LogP contribution in [0.5, 0.6) is 0 Å². The molecular formula is C13H15Cl2N3S. The van der Waals surface area contributed by atoms with Gasteiger partial charge in [0, 0.05) is 23.7 Å². The van der Waals surface area contributed by atoms with Gasteiger partial charge in [-0.05, 0) is 19.0 Å². The Labute approximate surface area is 127 Å². The van der Waals surface area contributed by atoms with Gasteiger partial charge in [-0.25, -0.2) is 0 Å². The summed E-state index contributed by atoms with van der Waals surface area (Å²) in [4.78, 5) is 9.68. The zero-order valence-electron chi connectivity index (χ0n) is 10.6. The van der Waals surface area contributed by atoms with Crippen molar-refractivity contribution < 1.29 is 0 Å². The molecule has 0 saturated heterocycles. The molecule has 2 aromatic rings. The predicted molar refractivity (Wildman–Crippen MR) is 81.1 cm³/mol. The van der Waals surface area contributed by atoms with Crippen LogP contribution in [0.15, 0.2) is 24.0 Å². The van der Waals surface area contributed by atoms with Crippen molar-refractivity contribution >= 4 is 34.5 Å². The van der Waals surface area contributed by atoms with E-state index in [4.69, 9.17) is 23.2 Å². The Morgan fingerprint density at radius 2 is 2.21 bits per heavy atom. The smallest absolute Gasteiger partial charge is 0.0794 e. The normalized spacial score (nSPS) is 12.6. The van der Waals surface area contributed by atoms with Crippen molar-refractivity contribution in [2.24, 2.45) is 0 Å². The second-order valence-electron chi connectivity index (χ2n) is 4.20. The SMILES string of the molecule is CCCNC(Cc1cncs1)c1ncc(Cl)cc1Cl. The highest BCUT2D eigenvalue weighted by Gasteiger charge is 2.17. The lowest BCUT2D eigenvalue weighted by molar-refractivity contribution is 0.520. The summed E-state index contributed by atoms with van der Waals surface area (Å²) in [7, 11) is 0. The van der Waals surface area contributed by atoms with Crippen LogP contribution in [-0.2, 0) is 6.42 Å². The van der Waals surface area contributed by atoms with Crippen LogP contribution in [0.1, 0.15) is 30.0 Å². The molecule has 0 radical (unpaired) electrons. The number of aromatic nitrogens is 2. The van der Waals surface area contributed by atoms with E-state index in [1.54, 1.807) is 23.6 Å². The van der Waals surface area contributed by atoms with Crippen LogP contribution in [0, 0.1) is 0 Å². The Hall–Kier alpha value is -0.680. The molecule has 1 unspecified atom stereocenters. The second-order valence-corrected chi connectivity index (χ2v) is 6.01. The molecule has 0 spiro atoms. The molecule has 102 valence electrons. The van der Waals surface area contributed by atoms with Gasteiger partial charge in [0.1, 0.15) is 0 Å². The van der Waals surface area contributed by atoms with Crippen LogP contribution in [0.25, 0.3) is 0 Å². The van der Waals surface area contributed by atoms with Gasteiger partial charge in [-0.15, -0.1) is 11.3 Å². The Balaban J connectivity index is 2.20. The molecule has 6 heteroatoms. The maximum atomic E-state index is 6.24. The van der Waals surface area contributed by atoms with Gasteiger partial charge in [0.25, 0.3) is 0 Å². The standard InChI is InChI=1S/C13H15Cl2N3S/c1-2-3-17-12(5-10-7-16-8-19-10)13-11(15)4-9(14)6-18-13/h4,6-8,12,17H,2-3,5H2,1H3. The van der Waals surface area contributed by atoms with Crippen molar-refractivity contribution in [3.8, 4) is 0 Å². The van der Waals surface area contributed by atoms with E-state index in [1.807, 2.05) is 11.7 Å². The van der Waals surface area contributed by atoms with Crippen molar-refractivity contribution in [2.75, 3.05) is 6.54 Å². The van der Waals surface area contributed by atoms with Gasteiger partial charge in [-0.3, -0.25) is 9.97 Å². The Morgan fingerprint density at radius 1 is 1.37 bits per heavy atom. The van der Waals surface area contributed by atoms with Gasteiger partial charge in [-0.2, -0.15) is 0 Å². The third kappa shape index (κ3) is 4.14. The molecule has 1 N–H and O–H groups in total. The minimum Gasteiger partial charge on any atom is -0.308 e. The largest absolute Gasteiger partial charge is 0.308 e. The average molecular weight is 316 g/mol. The number of hydrogen-bond donors (Lipinski definition) is 1. The highest BCUT2D eigenvalue weighted by Crippen LogP contribution is 2.27. The molecule has 2 rings (SSSR count). The van der Waals surface area contributed by atoms with Crippen LogP contribution in [-0.4, -0.2) is 16.5 Å². The predicted octanol–water partition coefficient (Wildman–Crippen LogP) is 4.13. The first-order chi connectivity index (χ1) is 9.20. The molecule has 2 heterocycles. The first-order valence-electron chi connectivity index (χ1n) is 6.12. The number of nitrogens with one attached hydrogen (secondary N) is 1. The second kappa shape index (κ2) is 7.20. The molecule has 0 aliphatic rings. The highest BCUT2D eigenvalue weighted by atomic mass is 35.5. The quantitative estimate of drug-likeness (QED) is 0.871. The number of hydrogen-bond acceptors (Lipinski definition) is 4. The molecule has 0 aliphatic heterocycles. The summed E-state index contributed by atoms with van der Waals surface area (Å²) >= 11 is 13.8. The molecular weight excluding hydrogens is 301 g/mol. The average Bonchev–Trinajstić information content (AvgIpc) is 2.88. The van der Waals surface area contributed by atoms with Crippen molar-refractivity contribution in [1.82, 2.24) is 15.3 Å². The molecule has 2 aromatic heterocycles. The van der Waals surface area contributed by atoms with Gasteiger partial charge in [0.05, 0.1) is 27.3 Å². The number of thiazole rings is 1. The molecule has 0 fully saturated rings. The van der Waals surface area contributed by atoms with Gasteiger partial charge >= 0.3 is 0 Å². The van der Waals surface area contributed by atoms with Gasteiger partial charge in [0.2, 0.25) is 0 Å². The van der Waals surface area contributed by atoms with Crippen molar-refractivity contribution in [3.05, 3.63) is 44.6 Å². The monoisotopic (exact) mass is 315 g/mol. The van der Waals surface area contributed by atoms with E-state index in [0.29, 0.717) is 10.0 Å². The van der Waals surface area contributed by atoms with Crippen LogP contribution >= 0.6 is 34.5 Å². The lowest BCUT2D eigenvalue weighted by atomic mass is 10.1. The minimum atomic E-state index is 0.0881. The van der Waals surface area contributed by atoms with E-state index >= 15 is 0 Å². The molecule has 0 bridgehead atoms. The Kier molecular flexibility index (Phi) is 5.58. The number of pyridine rings is 1. The van der Waals surface area contributed by atoms with Gasteiger partial charge in [-0.1, -0.05) is 30.1 Å². The molecule has 3 nitrogen and oxygen atoms in total. The van der Waals surface area contributed by atoms with Crippen molar-refractivity contribution in [1.29, 1.82) is 0 Å². The van der Waals surface area contributed by atoms with Crippen LogP contribution in [0.2, 0.25) is 10.0 Å². The molecule has 0 aromatic carbocycles. The summed E-state index contributed by atoms with van der Waals surface area (Å²) in [6.45, 7) is 3.05. The van der Waals surface area contributed by atoms with Crippen LogP contribution < -0.4 is 5.32 Å². The Bertz CT molecular complexity index is 517. The molecule has 19 heavy (non-hydrogen) atoms. The first-order valence-corrected chi connectivity index (χ1v) is 7.76. The molecule has 0 amide bonds. The summed E-state index contributed by atoms with van der Waals surface area (Å²) in [5.74, 6) is 0. The van der Waals surface area contributed by atoms with Crippen LogP contribution in [0.3, 0.4) is 0 Å². The fourth-order valence-electron chi connectivity index (χ4n) is 1.81. The summed E-state index contributed by atoms with van der Waals surface area (Å²) in [5.41, 5.74) is 2.68. The fraction of sp³-hybridized carbons (Fsp3) is 0.385. The third-order valence-corrected chi connectivity index (χ3v) is 4.01. The molecule has 1 atom stereocenters. The summed E-state index contributed by atoms with van der Waals surface area (Å²) in [5, 5.41) is 4.63. The van der Waals surface area contributed by atoms with E-state index in [1.165, 1.54) is 4.88 Å². The lowest BCUT2D eigenvalue weighted by Gasteiger charge is -2.18. The van der Waals surface area contributed by atoms with E-state index in [9.17, 15) is 0 Å². The zero-order chi connectivity index (χ0) is 13.7. The van der Waals surface area contributed by atoms with Crippen molar-refractivity contribution in [2.45, 2.75) is 25.8 Å². The van der Waals surface area contributed by atoms with E-state index in [0.717, 1.165) is 25.1 Å². The number of rotatable bonds is 6. The first kappa shape index (κ1) is 14.7. The summed E-state index contributed by atoms with van der Waals surface area (Å²) in [6, 6.07) is 1.82. The third-order valence-electron chi connectivity index (χ3n) is 2.70. The van der Waals surface area contributed by atoms with E-state index in [-0.39, 0.29) is 6.04 Å². The highest BCUT2D eigenvalue weighted by molar-refractivity contribution is 7.09. The van der Waals surface area contributed by atoms with Crippen LogP contribution in [0.4, 0.5) is 0 Å². The van der Waals surface area contributed by atoms with Gasteiger partial charge < -0.3 is 5.32 Å². The zero-order valence-corrected chi connectivity index (χ0v) is 12.9. The lowest BCUT2D eigenvalue weighted by Crippen LogP contribution is -2.25. The number of nitrogens with zero attached hydrogens (tertiary/aromatic N) is 2. The molecule has 0 aliphatic carbocycles. The van der Waals surface area contributed by atoms with E-state index in [2.05, 4.69) is 22.2 Å². The minimum absolute atomic E-state index is 0.0881.